The van der Waals surface area contributed by atoms with E-state index in [9.17, 15) is 18.4 Å². The van der Waals surface area contributed by atoms with E-state index in [2.05, 4.69) is 4.98 Å². The van der Waals surface area contributed by atoms with Gasteiger partial charge in [-0.25, -0.2) is 13.6 Å². The first kappa shape index (κ1) is 11.1. The van der Waals surface area contributed by atoms with Crippen molar-refractivity contribution in [2.24, 2.45) is 0 Å². The van der Waals surface area contributed by atoms with Gasteiger partial charge in [-0.3, -0.25) is 4.79 Å². The minimum atomic E-state index is -3.10. The fraction of sp³-hybridized carbons (Fsp3) is 0.143. The third kappa shape index (κ3) is 2.08. The number of hydrogen-bond acceptors (Lipinski definition) is 2. The summed E-state index contributed by atoms with van der Waals surface area (Å²) in [7, 11) is 0. The molecule has 0 fully saturated rings. The summed E-state index contributed by atoms with van der Waals surface area (Å²) in [5, 5.41) is 8.56. The van der Waals surface area contributed by atoms with Crippen molar-refractivity contribution in [1.29, 1.82) is 0 Å². The quantitative estimate of drug-likeness (QED) is 0.643. The molecule has 4 nitrogen and oxygen atoms in total. The lowest BCUT2D eigenvalue weighted by Gasteiger charge is -2.04. The number of aromatic carboxylic acids is 1. The topological polar surface area (TPSA) is 70.2 Å². The largest absolute Gasteiger partial charge is 0.477 e. The zero-order chi connectivity index (χ0) is 10.9. The van der Waals surface area contributed by atoms with Gasteiger partial charge in [-0.2, -0.15) is 0 Å². The van der Waals surface area contributed by atoms with Crippen molar-refractivity contribution >= 4 is 28.6 Å². The van der Waals surface area contributed by atoms with Gasteiger partial charge in [0, 0.05) is 6.07 Å². The highest BCUT2D eigenvalue weighted by Crippen LogP contribution is 2.18. The SMILES string of the molecule is O=C(O)c1[nH]c(I)cc(=O)c1C(F)F. The van der Waals surface area contributed by atoms with E-state index >= 15 is 0 Å². The lowest BCUT2D eigenvalue weighted by Crippen LogP contribution is -2.18. The van der Waals surface area contributed by atoms with Crippen LogP contribution < -0.4 is 5.43 Å². The lowest BCUT2D eigenvalue weighted by atomic mass is 10.2. The van der Waals surface area contributed by atoms with Crippen LogP contribution in [0.1, 0.15) is 22.5 Å². The highest BCUT2D eigenvalue weighted by Gasteiger charge is 2.22. The predicted octanol–water partition coefficient (Wildman–Crippen LogP) is 1.62. The first-order chi connectivity index (χ1) is 6.43. The van der Waals surface area contributed by atoms with Crippen LogP contribution in [-0.2, 0) is 0 Å². The van der Waals surface area contributed by atoms with Crippen LogP contribution in [-0.4, -0.2) is 16.1 Å². The average molecular weight is 315 g/mol. The molecule has 2 N–H and O–H groups in total. The molecule has 1 aromatic rings. The molecule has 0 spiro atoms. The van der Waals surface area contributed by atoms with E-state index in [4.69, 9.17) is 5.11 Å². The molecule has 7 heteroatoms. The summed E-state index contributed by atoms with van der Waals surface area (Å²) in [4.78, 5) is 23.8. The Balaban J connectivity index is 3.53. The second kappa shape index (κ2) is 4.03. The molecule has 1 heterocycles. The second-order valence-electron chi connectivity index (χ2n) is 2.38. The predicted molar refractivity (Wildman–Crippen MR) is 51.7 cm³/mol. The van der Waals surface area contributed by atoms with Gasteiger partial charge in [-0.05, 0) is 22.6 Å². The van der Waals surface area contributed by atoms with Gasteiger partial charge in [0.25, 0.3) is 6.43 Å². The van der Waals surface area contributed by atoms with Crippen LogP contribution in [0.2, 0.25) is 0 Å². The van der Waals surface area contributed by atoms with Crippen LogP contribution in [0.25, 0.3) is 0 Å². The Hall–Kier alpha value is -0.990. The normalized spacial score (nSPS) is 10.6. The molecule has 0 bridgehead atoms. The Morgan fingerprint density at radius 1 is 1.57 bits per heavy atom. The molecule has 1 aromatic heterocycles. The number of alkyl halides is 2. The molecule has 14 heavy (non-hydrogen) atoms. The molecule has 0 aromatic carbocycles. The first-order valence-corrected chi connectivity index (χ1v) is 4.45. The number of H-pyrrole nitrogens is 1. The Kier molecular flexibility index (Phi) is 3.19. The minimum Gasteiger partial charge on any atom is -0.477 e. The van der Waals surface area contributed by atoms with Gasteiger partial charge >= 0.3 is 5.97 Å². The maximum atomic E-state index is 12.3. The van der Waals surface area contributed by atoms with E-state index in [1.54, 1.807) is 22.6 Å². The lowest BCUT2D eigenvalue weighted by molar-refractivity contribution is 0.0676. The number of carbonyl (C=O) groups is 1. The molecular formula is C7H4F2INO3. The summed E-state index contributed by atoms with van der Waals surface area (Å²) in [6.07, 6.45) is -3.10. The van der Waals surface area contributed by atoms with Crippen LogP contribution in [0.3, 0.4) is 0 Å². The van der Waals surface area contributed by atoms with E-state index in [1.807, 2.05) is 0 Å². The Labute approximate surface area is 90.1 Å². The first-order valence-electron chi connectivity index (χ1n) is 3.37. The summed E-state index contributed by atoms with van der Waals surface area (Å²) in [5.41, 5.74) is -2.73. The van der Waals surface area contributed by atoms with Crippen LogP contribution in [0.4, 0.5) is 8.78 Å². The molecule has 0 aliphatic carbocycles. The monoisotopic (exact) mass is 315 g/mol. The molecule has 0 saturated carbocycles. The van der Waals surface area contributed by atoms with Gasteiger partial charge in [0.2, 0.25) is 0 Å². The van der Waals surface area contributed by atoms with Gasteiger partial charge < -0.3 is 10.1 Å². The number of pyridine rings is 1. The maximum Gasteiger partial charge on any atom is 0.352 e. The molecule has 1 rings (SSSR count). The smallest absolute Gasteiger partial charge is 0.352 e. The highest BCUT2D eigenvalue weighted by atomic mass is 127. The van der Waals surface area contributed by atoms with Gasteiger partial charge in [0.05, 0.1) is 9.26 Å². The van der Waals surface area contributed by atoms with Crippen molar-refractivity contribution in [2.75, 3.05) is 0 Å². The number of rotatable bonds is 2. The average Bonchev–Trinajstić information content (AvgIpc) is 2.01. The third-order valence-electron chi connectivity index (χ3n) is 1.47. The number of aromatic nitrogens is 1. The molecule has 0 aliphatic rings. The maximum absolute atomic E-state index is 12.3. The van der Waals surface area contributed by atoms with E-state index in [0.717, 1.165) is 6.07 Å². The third-order valence-corrected chi connectivity index (χ3v) is 2.05. The fourth-order valence-electron chi connectivity index (χ4n) is 0.924. The number of aromatic amines is 1. The van der Waals surface area contributed by atoms with Crippen molar-refractivity contribution in [3.8, 4) is 0 Å². The summed E-state index contributed by atoms with van der Waals surface area (Å²) in [6, 6.07) is 0.925. The van der Waals surface area contributed by atoms with Crippen LogP contribution in [0, 0.1) is 3.70 Å². The highest BCUT2D eigenvalue weighted by molar-refractivity contribution is 14.1. The molecule has 0 amide bonds. The Bertz CT molecular complexity index is 429. The number of hydrogen-bond donors (Lipinski definition) is 2. The number of carboxylic acids is 1. The van der Waals surface area contributed by atoms with E-state index < -0.39 is 29.1 Å². The summed E-state index contributed by atoms with van der Waals surface area (Å²) < 4.78 is 24.8. The molecule has 0 aliphatic heterocycles. The van der Waals surface area contributed by atoms with Gasteiger partial charge in [-0.15, -0.1) is 0 Å². The molecule has 0 saturated heterocycles. The Morgan fingerprint density at radius 2 is 2.14 bits per heavy atom. The van der Waals surface area contributed by atoms with E-state index in [1.165, 1.54) is 0 Å². The molecule has 0 atom stereocenters. The fourth-order valence-corrected chi connectivity index (χ4v) is 1.48. The van der Waals surface area contributed by atoms with Crippen molar-refractivity contribution in [3.63, 3.8) is 0 Å². The number of carboxylic acid groups (broad SMARTS) is 1. The number of nitrogens with one attached hydrogen (secondary N) is 1. The van der Waals surface area contributed by atoms with Crippen LogP contribution in [0.5, 0.6) is 0 Å². The number of halogens is 3. The van der Waals surface area contributed by atoms with Gasteiger partial charge in [0.15, 0.2) is 5.43 Å². The molecule has 0 unspecified atom stereocenters. The van der Waals surface area contributed by atoms with E-state index in [-0.39, 0.29) is 3.70 Å². The van der Waals surface area contributed by atoms with Crippen LogP contribution in [0.15, 0.2) is 10.9 Å². The summed E-state index contributed by atoms with van der Waals surface area (Å²) >= 11 is 1.64. The minimum absolute atomic E-state index is 0.203. The molecular weight excluding hydrogens is 311 g/mol. The second-order valence-corrected chi connectivity index (χ2v) is 3.54. The molecule has 76 valence electrons. The van der Waals surface area contributed by atoms with Crippen molar-refractivity contribution in [2.45, 2.75) is 6.43 Å². The molecule has 0 radical (unpaired) electrons. The summed E-state index contributed by atoms with van der Waals surface area (Å²) in [5.74, 6) is -1.57. The van der Waals surface area contributed by atoms with Gasteiger partial charge in [-0.1, -0.05) is 0 Å². The van der Waals surface area contributed by atoms with Gasteiger partial charge in [0.1, 0.15) is 5.69 Å². The zero-order valence-corrected chi connectivity index (χ0v) is 8.71. The van der Waals surface area contributed by atoms with E-state index in [0.29, 0.717) is 0 Å². The standard InChI is InChI=1S/C7H4F2INO3/c8-6(9)4-2(12)1-3(10)11-5(4)7(13)14/h1,6H,(H,11,12)(H,13,14). The zero-order valence-electron chi connectivity index (χ0n) is 6.55. The van der Waals surface area contributed by atoms with Crippen molar-refractivity contribution in [1.82, 2.24) is 4.98 Å². The van der Waals surface area contributed by atoms with Crippen molar-refractivity contribution < 1.29 is 18.7 Å². The Morgan fingerprint density at radius 3 is 2.57 bits per heavy atom. The summed E-state index contributed by atoms with van der Waals surface area (Å²) in [6.45, 7) is 0. The van der Waals surface area contributed by atoms with Crippen LogP contribution >= 0.6 is 22.6 Å². The van der Waals surface area contributed by atoms with Crippen molar-refractivity contribution in [3.05, 3.63) is 31.2 Å².